The van der Waals surface area contributed by atoms with Gasteiger partial charge in [0.2, 0.25) is 0 Å². The van der Waals surface area contributed by atoms with E-state index in [2.05, 4.69) is 43.2 Å². The first kappa shape index (κ1) is 12.6. The summed E-state index contributed by atoms with van der Waals surface area (Å²) in [6, 6.07) is 0.505. The second-order valence-corrected chi connectivity index (χ2v) is 5.35. The van der Waals surface area contributed by atoms with Gasteiger partial charge in [-0.05, 0) is 6.42 Å². The Morgan fingerprint density at radius 1 is 1.27 bits per heavy atom. The zero-order chi connectivity index (χ0) is 11.3. The lowest BCUT2D eigenvalue weighted by Gasteiger charge is -2.04. The molecular formula is C11H21N3S. The number of aromatic nitrogens is 2. The predicted molar refractivity (Wildman–Crippen MR) is 65.2 cm³/mol. The number of hydrogen-bond donors (Lipinski definition) is 1. The third-order valence-corrected chi connectivity index (χ3v) is 3.44. The Morgan fingerprint density at radius 3 is 2.60 bits per heavy atom. The molecule has 0 aromatic carbocycles. The van der Waals surface area contributed by atoms with E-state index in [9.17, 15) is 0 Å². The highest BCUT2D eigenvalue weighted by molar-refractivity contribution is 7.11. The highest BCUT2D eigenvalue weighted by atomic mass is 32.1. The minimum atomic E-state index is 0.505. The van der Waals surface area contributed by atoms with Gasteiger partial charge in [0.15, 0.2) is 0 Å². The van der Waals surface area contributed by atoms with Crippen LogP contribution in [0.3, 0.4) is 0 Å². The molecule has 0 spiro atoms. The summed E-state index contributed by atoms with van der Waals surface area (Å²) in [6.07, 6.45) is 2.41. The van der Waals surface area contributed by atoms with Crippen LogP contribution < -0.4 is 5.32 Å². The largest absolute Gasteiger partial charge is 0.308 e. The van der Waals surface area contributed by atoms with Gasteiger partial charge in [-0.2, -0.15) is 0 Å². The van der Waals surface area contributed by atoms with Crippen LogP contribution in [0.25, 0.3) is 0 Å². The van der Waals surface area contributed by atoms with E-state index in [-0.39, 0.29) is 0 Å². The SMILES string of the molecule is CCCC(C)c1nnc(CNC(C)C)s1. The van der Waals surface area contributed by atoms with Gasteiger partial charge in [-0.15, -0.1) is 10.2 Å². The molecule has 1 aromatic rings. The average Bonchev–Trinajstić information content (AvgIpc) is 2.63. The monoisotopic (exact) mass is 227 g/mol. The highest BCUT2D eigenvalue weighted by Crippen LogP contribution is 2.23. The number of rotatable bonds is 6. The Balaban J connectivity index is 2.48. The minimum Gasteiger partial charge on any atom is -0.308 e. The molecule has 1 atom stereocenters. The zero-order valence-corrected chi connectivity index (χ0v) is 10.9. The van der Waals surface area contributed by atoms with Gasteiger partial charge in [0.25, 0.3) is 0 Å². The quantitative estimate of drug-likeness (QED) is 0.812. The van der Waals surface area contributed by atoms with Crippen LogP contribution in [0.4, 0.5) is 0 Å². The standard InChI is InChI=1S/C11H21N3S/c1-5-6-9(4)11-14-13-10(15-11)7-12-8(2)3/h8-9,12H,5-7H2,1-4H3. The van der Waals surface area contributed by atoms with E-state index in [1.54, 1.807) is 11.3 Å². The van der Waals surface area contributed by atoms with Crippen molar-refractivity contribution in [1.29, 1.82) is 0 Å². The van der Waals surface area contributed by atoms with Gasteiger partial charge in [0.1, 0.15) is 10.0 Å². The van der Waals surface area contributed by atoms with Crippen molar-refractivity contribution in [3.63, 3.8) is 0 Å². The summed E-state index contributed by atoms with van der Waals surface area (Å²) >= 11 is 1.74. The van der Waals surface area contributed by atoms with Crippen LogP contribution in [0.1, 0.15) is 56.5 Å². The molecule has 1 heterocycles. The lowest BCUT2D eigenvalue weighted by atomic mass is 10.1. The highest BCUT2D eigenvalue weighted by Gasteiger charge is 2.10. The molecule has 15 heavy (non-hydrogen) atoms. The van der Waals surface area contributed by atoms with Crippen molar-refractivity contribution < 1.29 is 0 Å². The van der Waals surface area contributed by atoms with Crippen molar-refractivity contribution in [2.45, 2.75) is 59.0 Å². The van der Waals surface area contributed by atoms with Gasteiger partial charge >= 0.3 is 0 Å². The lowest BCUT2D eigenvalue weighted by molar-refractivity contribution is 0.584. The van der Waals surface area contributed by atoms with Crippen molar-refractivity contribution >= 4 is 11.3 Å². The fraction of sp³-hybridized carbons (Fsp3) is 0.818. The van der Waals surface area contributed by atoms with Crippen molar-refractivity contribution in [3.05, 3.63) is 10.0 Å². The third kappa shape index (κ3) is 4.26. The van der Waals surface area contributed by atoms with E-state index in [1.807, 2.05) is 0 Å². The Hall–Kier alpha value is -0.480. The molecule has 4 heteroatoms. The number of hydrogen-bond acceptors (Lipinski definition) is 4. The van der Waals surface area contributed by atoms with E-state index in [0.717, 1.165) is 11.6 Å². The van der Waals surface area contributed by atoms with E-state index in [4.69, 9.17) is 0 Å². The van der Waals surface area contributed by atoms with E-state index in [0.29, 0.717) is 12.0 Å². The number of nitrogens with one attached hydrogen (secondary N) is 1. The Kier molecular flexibility index (Phi) is 5.19. The summed E-state index contributed by atoms with van der Waals surface area (Å²) in [6.45, 7) is 9.56. The van der Waals surface area contributed by atoms with E-state index in [1.165, 1.54) is 17.8 Å². The topological polar surface area (TPSA) is 37.8 Å². The molecular weight excluding hydrogens is 206 g/mol. The maximum Gasteiger partial charge on any atom is 0.131 e. The van der Waals surface area contributed by atoms with Crippen LogP contribution in [0.2, 0.25) is 0 Å². The predicted octanol–water partition coefficient (Wildman–Crippen LogP) is 2.94. The molecule has 0 amide bonds. The molecule has 1 rings (SSSR count). The van der Waals surface area contributed by atoms with Crippen LogP contribution >= 0.6 is 11.3 Å². The maximum atomic E-state index is 4.24. The molecule has 1 aromatic heterocycles. The van der Waals surface area contributed by atoms with Crippen molar-refractivity contribution in [2.75, 3.05) is 0 Å². The average molecular weight is 227 g/mol. The third-order valence-electron chi connectivity index (χ3n) is 2.29. The van der Waals surface area contributed by atoms with Gasteiger partial charge in [0.05, 0.1) is 0 Å². The first-order chi connectivity index (χ1) is 7.13. The molecule has 0 aliphatic heterocycles. The molecule has 0 saturated carbocycles. The molecule has 0 aliphatic carbocycles. The first-order valence-electron chi connectivity index (χ1n) is 5.69. The molecule has 0 saturated heterocycles. The van der Waals surface area contributed by atoms with Crippen LogP contribution in [-0.4, -0.2) is 16.2 Å². The molecule has 0 bridgehead atoms. The molecule has 0 fully saturated rings. The van der Waals surface area contributed by atoms with E-state index >= 15 is 0 Å². The first-order valence-corrected chi connectivity index (χ1v) is 6.50. The summed E-state index contributed by atoms with van der Waals surface area (Å²) in [4.78, 5) is 0. The smallest absolute Gasteiger partial charge is 0.131 e. The summed E-state index contributed by atoms with van der Waals surface area (Å²) < 4.78 is 0. The van der Waals surface area contributed by atoms with Crippen LogP contribution in [0.5, 0.6) is 0 Å². The van der Waals surface area contributed by atoms with Crippen LogP contribution in [0, 0.1) is 0 Å². The zero-order valence-electron chi connectivity index (χ0n) is 10.1. The van der Waals surface area contributed by atoms with Crippen LogP contribution in [-0.2, 0) is 6.54 Å². The van der Waals surface area contributed by atoms with E-state index < -0.39 is 0 Å². The maximum absolute atomic E-state index is 4.24. The molecule has 0 aliphatic rings. The van der Waals surface area contributed by atoms with Gasteiger partial charge in [-0.1, -0.05) is 45.5 Å². The Labute approximate surface area is 96.3 Å². The second kappa shape index (κ2) is 6.18. The molecule has 1 unspecified atom stereocenters. The summed E-state index contributed by atoms with van der Waals surface area (Å²) in [5.41, 5.74) is 0. The van der Waals surface area contributed by atoms with Gasteiger partial charge in [-0.3, -0.25) is 0 Å². The minimum absolute atomic E-state index is 0.505. The summed E-state index contributed by atoms with van der Waals surface area (Å²) in [7, 11) is 0. The molecule has 0 radical (unpaired) electrons. The van der Waals surface area contributed by atoms with Crippen molar-refractivity contribution in [3.8, 4) is 0 Å². The fourth-order valence-corrected chi connectivity index (χ4v) is 2.26. The lowest BCUT2D eigenvalue weighted by Crippen LogP contribution is -2.21. The van der Waals surface area contributed by atoms with Gasteiger partial charge in [0, 0.05) is 18.5 Å². The fourth-order valence-electron chi connectivity index (χ4n) is 1.39. The summed E-state index contributed by atoms with van der Waals surface area (Å²) in [5.74, 6) is 0.556. The van der Waals surface area contributed by atoms with Crippen molar-refractivity contribution in [1.82, 2.24) is 15.5 Å². The normalized spacial score (nSPS) is 13.4. The summed E-state index contributed by atoms with van der Waals surface area (Å²) in [5, 5.41) is 14.1. The van der Waals surface area contributed by atoms with Crippen molar-refractivity contribution in [2.24, 2.45) is 0 Å². The molecule has 1 N–H and O–H groups in total. The van der Waals surface area contributed by atoms with Crippen LogP contribution in [0.15, 0.2) is 0 Å². The van der Waals surface area contributed by atoms with Gasteiger partial charge in [-0.25, -0.2) is 0 Å². The molecule has 3 nitrogen and oxygen atoms in total. The molecule has 86 valence electrons. The Morgan fingerprint density at radius 2 is 2.00 bits per heavy atom. The second-order valence-electron chi connectivity index (χ2n) is 4.26. The van der Waals surface area contributed by atoms with Gasteiger partial charge < -0.3 is 5.32 Å². The Bertz CT molecular complexity index is 283. The number of nitrogens with zero attached hydrogens (tertiary/aromatic N) is 2.